The lowest BCUT2D eigenvalue weighted by Crippen LogP contribution is -2.56. The summed E-state index contributed by atoms with van der Waals surface area (Å²) in [6.45, 7) is 3.62. The number of hydrogen-bond donors (Lipinski definition) is 0. The number of ether oxygens (including phenoxy) is 1. The highest BCUT2D eigenvalue weighted by atomic mass is 35.5. The third kappa shape index (κ3) is 2.46. The van der Waals surface area contributed by atoms with Crippen LogP contribution in [0.1, 0.15) is 25.8 Å². The van der Waals surface area contributed by atoms with Crippen LogP contribution in [0.5, 0.6) is 0 Å². The van der Waals surface area contributed by atoms with Gasteiger partial charge in [-0.05, 0) is 37.6 Å². The molecule has 2 aromatic carbocycles. The van der Waals surface area contributed by atoms with E-state index in [2.05, 4.69) is 5.16 Å². The molecule has 1 fully saturated rings. The molecule has 1 saturated heterocycles. The maximum atomic E-state index is 12.7. The summed E-state index contributed by atoms with van der Waals surface area (Å²) in [5, 5.41) is 5.02. The standard InChI is InChI=1S/C19H16Cl2N2O3/c1-18(2)19(11-16(22-26-19)12-6-4-3-5-7-12)23(17(24)25-18)13-8-9-14(20)15(21)10-13/h3-10H,11H2,1-2H3/t19-/m0/s1. The minimum absolute atomic E-state index is 0.346. The summed E-state index contributed by atoms with van der Waals surface area (Å²) < 4.78 is 5.62. The summed E-state index contributed by atoms with van der Waals surface area (Å²) in [6.07, 6.45) is -0.131. The first kappa shape index (κ1) is 17.2. The van der Waals surface area contributed by atoms with Crippen molar-refractivity contribution < 1.29 is 14.4 Å². The van der Waals surface area contributed by atoms with Crippen molar-refractivity contribution in [3.05, 3.63) is 64.1 Å². The Bertz CT molecular complexity index is 914. The number of carbonyl (C=O) groups is 1. The predicted molar refractivity (Wildman–Crippen MR) is 101 cm³/mol. The van der Waals surface area contributed by atoms with E-state index < -0.39 is 17.4 Å². The van der Waals surface area contributed by atoms with Gasteiger partial charge in [0.15, 0.2) is 5.60 Å². The van der Waals surface area contributed by atoms with E-state index >= 15 is 0 Å². The van der Waals surface area contributed by atoms with Crippen molar-refractivity contribution in [2.75, 3.05) is 4.90 Å². The van der Waals surface area contributed by atoms with Crippen molar-refractivity contribution in [3.63, 3.8) is 0 Å². The molecule has 2 aliphatic heterocycles. The fraction of sp³-hybridized carbons (Fsp3) is 0.263. The lowest BCUT2D eigenvalue weighted by Gasteiger charge is -2.36. The smallest absolute Gasteiger partial charge is 0.418 e. The fourth-order valence-corrected chi connectivity index (χ4v) is 3.64. The quantitative estimate of drug-likeness (QED) is 0.703. The largest absolute Gasteiger partial charge is 0.437 e. The van der Waals surface area contributed by atoms with Crippen molar-refractivity contribution in [1.29, 1.82) is 0 Å². The molecule has 0 unspecified atom stereocenters. The van der Waals surface area contributed by atoms with Crippen LogP contribution in [0.15, 0.2) is 53.7 Å². The van der Waals surface area contributed by atoms with Crippen LogP contribution in [-0.4, -0.2) is 23.1 Å². The van der Waals surface area contributed by atoms with E-state index in [4.69, 9.17) is 32.8 Å². The number of halogens is 2. The highest BCUT2D eigenvalue weighted by Gasteiger charge is 2.66. The molecule has 134 valence electrons. The van der Waals surface area contributed by atoms with Gasteiger partial charge in [0.1, 0.15) is 0 Å². The Morgan fingerprint density at radius 3 is 2.50 bits per heavy atom. The van der Waals surface area contributed by atoms with Crippen molar-refractivity contribution >= 4 is 40.7 Å². The van der Waals surface area contributed by atoms with Gasteiger partial charge in [-0.1, -0.05) is 58.7 Å². The van der Waals surface area contributed by atoms with Crippen LogP contribution in [0.3, 0.4) is 0 Å². The molecular formula is C19H16Cl2N2O3. The van der Waals surface area contributed by atoms with Crippen LogP contribution in [0.2, 0.25) is 10.0 Å². The van der Waals surface area contributed by atoms with Gasteiger partial charge in [-0.15, -0.1) is 0 Å². The van der Waals surface area contributed by atoms with Crippen molar-refractivity contribution in [1.82, 2.24) is 0 Å². The highest BCUT2D eigenvalue weighted by Crippen LogP contribution is 2.49. The number of hydrogen-bond acceptors (Lipinski definition) is 4. The molecular weight excluding hydrogens is 375 g/mol. The normalized spacial score (nSPS) is 23.8. The Hall–Kier alpha value is -2.24. The van der Waals surface area contributed by atoms with E-state index in [1.54, 1.807) is 18.2 Å². The number of benzene rings is 2. The zero-order valence-corrected chi connectivity index (χ0v) is 15.7. The number of anilines is 1. The predicted octanol–water partition coefficient (Wildman–Crippen LogP) is 5.25. The Labute approximate surface area is 161 Å². The van der Waals surface area contributed by atoms with E-state index in [1.807, 2.05) is 44.2 Å². The second kappa shape index (κ2) is 5.89. The molecule has 1 spiro atoms. The third-order valence-electron chi connectivity index (χ3n) is 4.81. The van der Waals surface area contributed by atoms with E-state index in [0.717, 1.165) is 11.3 Å². The minimum atomic E-state index is -1.10. The van der Waals surface area contributed by atoms with E-state index in [1.165, 1.54) is 4.90 Å². The van der Waals surface area contributed by atoms with Crippen LogP contribution in [0, 0.1) is 0 Å². The van der Waals surface area contributed by atoms with Crippen LogP contribution < -0.4 is 4.90 Å². The number of nitrogens with zero attached hydrogens (tertiary/aromatic N) is 2. The fourth-order valence-electron chi connectivity index (χ4n) is 3.35. The van der Waals surface area contributed by atoms with Gasteiger partial charge in [-0.3, -0.25) is 0 Å². The van der Waals surface area contributed by atoms with E-state index in [0.29, 0.717) is 22.2 Å². The lowest BCUT2D eigenvalue weighted by molar-refractivity contribution is -0.111. The van der Waals surface area contributed by atoms with Crippen LogP contribution >= 0.6 is 23.2 Å². The zero-order chi connectivity index (χ0) is 18.5. The molecule has 1 atom stereocenters. The highest BCUT2D eigenvalue weighted by molar-refractivity contribution is 6.42. The molecule has 7 heteroatoms. The Morgan fingerprint density at radius 1 is 1.08 bits per heavy atom. The summed E-state index contributed by atoms with van der Waals surface area (Å²) in [6, 6.07) is 14.7. The second-order valence-corrected chi connectivity index (χ2v) is 7.58. The molecule has 26 heavy (non-hydrogen) atoms. The monoisotopic (exact) mass is 390 g/mol. The first-order chi connectivity index (χ1) is 12.3. The summed E-state index contributed by atoms with van der Waals surface area (Å²) >= 11 is 12.2. The molecule has 0 aromatic heterocycles. The molecule has 2 aliphatic rings. The molecule has 0 radical (unpaired) electrons. The second-order valence-electron chi connectivity index (χ2n) is 6.77. The third-order valence-corrected chi connectivity index (χ3v) is 5.55. The van der Waals surface area contributed by atoms with Gasteiger partial charge in [0.05, 0.1) is 27.9 Å². The van der Waals surface area contributed by atoms with E-state index in [9.17, 15) is 4.79 Å². The van der Waals surface area contributed by atoms with Crippen molar-refractivity contribution in [2.45, 2.75) is 31.6 Å². The van der Waals surface area contributed by atoms with E-state index in [-0.39, 0.29) is 0 Å². The van der Waals surface area contributed by atoms with Crippen molar-refractivity contribution in [2.24, 2.45) is 5.16 Å². The van der Waals surface area contributed by atoms with Crippen molar-refractivity contribution in [3.8, 4) is 0 Å². The summed E-state index contributed by atoms with van der Waals surface area (Å²) in [5.41, 5.74) is 0.206. The zero-order valence-electron chi connectivity index (χ0n) is 14.2. The number of oxime groups is 1. The molecule has 5 nitrogen and oxygen atoms in total. The molecule has 1 amide bonds. The molecule has 0 aliphatic carbocycles. The van der Waals surface area contributed by atoms with Gasteiger partial charge in [0, 0.05) is 0 Å². The van der Waals surface area contributed by atoms with Gasteiger partial charge in [-0.25, -0.2) is 9.69 Å². The molecule has 2 heterocycles. The van der Waals surface area contributed by atoms with Gasteiger partial charge in [0.2, 0.25) is 0 Å². The average molecular weight is 391 g/mol. The Morgan fingerprint density at radius 2 is 1.81 bits per heavy atom. The first-order valence-electron chi connectivity index (χ1n) is 8.13. The topological polar surface area (TPSA) is 51.1 Å². The summed E-state index contributed by atoms with van der Waals surface area (Å²) in [4.78, 5) is 20.0. The van der Waals surface area contributed by atoms with Gasteiger partial charge >= 0.3 is 6.09 Å². The molecule has 2 aromatic rings. The van der Waals surface area contributed by atoms with Crippen LogP contribution in [-0.2, 0) is 9.57 Å². The van der Waals surface area contributed by atoms with Crippen LogP contribution in [0.25, 0.3) is 0 Å². The molecule has 0 saturated carbocycles. The Kier molecular flexibility index (Phi) is 3.90. The minimum Gasteiger partial charge on any atom is -0.437 e. The number of amides is 1. The van der Waals surface area contributed by atoms with Gasteiger partial charge < -0.3 is 9.57 Å². The number of carbonyl (C=O) groups excluding carboxylic acids is 1. The number of rotatable bonds is 2. The maximum Gasteiger partial charge on any atom is 0.418 e. The van der Waals surface area contributed by atoms with Crippen LogP contribution in [0.4, 0.5) is 10.5 Å². The lowest BCUT2D eigenvalue weighted by atomic mass is 9.87. The van der Waals surface area contributed by atoms with Gasteiger partial charge in [0.25, 0.3) is 5.72 Å². The first-order valence-corrected chi connectivity index (χ1v) is 8.88. The van der Waals surface area contributed by atoms with Gasteiger partial charge in [-0.2, -0.15) is 0 Å². The SMILES string of the molecule is CC1(C)OC(=O)N(c2ccc(Cl)c(Cl)c2)[C@]12CC(c1ccccc1)=NO2. The molecule has 0 bridgehead atoms. The number of cyclic esters (lactones) is 1. The maximum absolute atomic E-state index is 12.7. The average Bonchev–Trinajstić information content (AvgIpc) is 3.12. The molecule has 4 rings (SSSR count). The Balaban J connectivity index is 1.77. The summed E-state index contributed by atoms with van der Waals surface area (Å²) in [7, 11) is 0. The molecule has 0 N–H and O–H groups in total. The summed E-state index contributed by atoms with van der Waals surface area (Å²) in [5.74, 6) is 0.